The first-order chi connectivity index (χ1) is 7.64. The zero-order valence-corrected chi connectivity index (χ0v) is 10.4. The van der Waals surface area contributed by atoms with Crippen LogP contribution in [-0.4, -0.2) is 25.8 Å². The molecule has 16 heavy (non-hydrogen) atoms. The van der Waals surface area contributed by atoms with Gasteiger partial charge in [-0.25, -0.2) is 8.42 Å². The standard InChI is InChI=1S/C10H12N2O2S2/c11-8-9-4-5-10(15-9)16(13,14)12-6-2-1-3-7-12/h4-5H,1-3,6-7H2. The molecule has 0 aromatic carbocycles. The van der Waals surface area contributed by atoms with E-state index in [9.17, 15) is 8.42 Å². The molecule has 1 aliphatic rings. The van der Waals surface area contributed by atoms with Gasteiger partial charge in [0.25, 0.3) is 10.0 Å². The molecule has 0 radical (unpaired) electrons. The van der Waals surface area contributed by atoms with Crippen molar-refractivity contribution in [3.63, 3.8) is 0 Å². The van der Waals surface area contributed by atoms with Crippen LogP contribution in [0.5, 0.6) is 0 Å². The highest BCUT2D eigenvalue weighted by atomic mass is 32.2. The van der Waals surface area contributed by atoms with E-state index in [4.69, 9.17) is 5.26 Å². The molecule has 2 rings (SSSR count). The fourth-order valence-corrected chi connectivity index (χ4v) is 4.53. The summed E-state index contributed by atoms with van der Waals surface area (Å²) in [6.45, 7) is 1.20. The lowest BCUT2D eigenvalue weighted by atomic mass is 10.2. The molecule has 2 heterocycles. The number of hydrogen-bond donors (Lipinski definition) is 0. The molecular weight excluding hydrogens is 244 g/mol. The summed E-state index contributed by atoms with van der Waals surface area (Å²) < 4.78 is 26.1. The van der Waals surface area contributed by atoms with E-state index < -0.39 is 10.0 Å². The third-order valence-corrected chi connectivity index (χ3v) is 5.96. The van der Waals surface area contributed by atoms with E-state index in [1.807, 2.05) is 6.07 Å². The predicted octanol–water partition coefficient (Wildman–Crippen LogP) is 1.79. The Morgan fingerprint density at radius 3 is 2.50 bits per heavy atom. The molecule has 0 aliphatic carbocycles. The summed E-state index contributed by atoms with van der Waals surface area (Å²) in [4.78, 5) is 0.440. The van der Waals surface area contributed by atoms with Gasteiger partial charge in [-0.15, -0.1) is 11.3 Å². The van der Waals surface area contributed by atoms with Crippen LogP contribution in [0.15, 0.2) is 16.3 Å². The maximum Gasteiger partial charge on any atom is 0.252 e. The van der Waals surface area contributed by atoms with E-state index in [1.165, 1.54) is 10.4 Å². The van der Waals surface area contributed by atoms with Crippen molar-refractivity contribution in [2.75, 3.05) is 13.1 Å². The highest BCUT2D eigenvalue weighted by Crippen LogP contribution is 2.26. The molecule has 0 amide bonds. The van der Waals surface area contributed by atoms with Crippen LogP contribution in [0.25, 0.3) is 0 Å². The van der Waals surface area contributed by atoms with Crippen molar-refractivity contribution < 1.29 is 8.42 Å². The van der Waals surface area contributed by atoms with E-state index in [-0.39, 0.29) is 4.21 Å². The van der Waals surface area contributed by atoms with Crippen LogP contribution in [0.3, 0.4) is 0 Å². The smallest absolute Gasteiger partial charge is 0.206 e. The summed E-state index contributed by atoms with van der Waals surface area (Å²) in [5, 5.41) is 8.68. The summed E-state index contributed by atoms with van der Waals surface area (Å²) in [5.74, 6) is 0. The van der Waals surface area contributed by atoms with Crippen LogP contribution in [0.4, 0.5) is 0 Å². The number of hydrogen-bond acceptors (Lipinski definition) is 4. The lowest BCUT2D eigenvalue weighted by Gasteiger charge is -2.24. The first-order valence-corrected chi connectivity index (χ1v) is 7.40. The summed E-state index contributed by atoms with van der Waals surface area (Å²) in [6.07, 6.45) is 2.95. The number of piperidine rings is 1. The van der Waals surface area contributed by atoms with Crippen molar-refractivity contribution in [2.24, 2.45) is 0 Å². The second-order valence-corrected chi connectivity index (χ2v) is 6.94. The van der Waals surface area contributed by atoms with Crippen molar-refractivity contribution in [1.82, 2.24) is 4.31 Å². The van der Waals surface area contributed by atoms with Gasteiger partial charge in [-0.2, -0.15) is 9.57 Å². The number of nitriles is 1. The lowest BCUT2D eigenvalue weighted by molar-refractivity contribution is 0.347. The van der Waals surface area contributed by atoms with Crippen LogP contribution in [0.1, 0.15) is 24.1 Å². The minimum absolute atomic E-state index is 0.283. The first-order valence-electron chi connectivity index (χ1n) is 5.15. The topological polar surface area (TPSA) is 61.2 Å². The van der Waals surface area contributed by atoms with E-state index in [1.54, 1.807) is 6.07 Å². The fraction of sp³-hybridized carbons (Fsp3) is 0.500. The van der Waals surface area contributed by atoms with E-state index in [2.05, 4.69) is 0 Å². The largest absolute Gasteiger partial charge is 0.252 e. The minimum Gasteiger partial charge on any atom is -0.206 e. The Morgan fingerprint density at radius 1 is 1.25 bits per heavy atom. The molecule has 0 saturated carbocycles. The molecule has 86 valence electrons. The van der Waals surface area contributed by atoms with Gasteiger partial charge in [0.05, 0.1) is 0 Å². The average Bonchev–Trinajstić information content (AvgIpc) is 2.79. The minimum atomic E-state index is -3.35. The zero-order chi connectivity index (χ0) is 11.6. The van der Waals surface area contributed by atoms with Gasteiger partial charge < -0.3 is 0 Å². The Bertz CT molecular complexity index is 507. The Labute approximate surface area is 99.2 Å². The molecule has 6 heteroatoms. The highest BCUT2D eigenvalue weighted by Gasteiger charge is 2.27. The van der Waals surface area contributed by atoms with Crippen LogP contribution in [0, 0.1) is 11.3 Å². The first kappa shape index (κ1) is 11.6. The van der Waals surface area contributed by atoms with Crippen molar-refractivity contribution in [3.05, 3.63) is 17.0 Å². The summed E-state index contributed by atoms with van der Waals surface area (Å²) in [5.41, 5.74) is 0. The van der Waals surface area contributed by atoms with Gasteiger partial charge >= 0.3 is 0 Å². The zero-order valence-electron chi connectivity index (χ0n) is 8.72. The number of sulfonamides is 1. The fourth-order valence-electron chi connectivity index (χ4n) is 1.75. The SMILES string of the molecule is N#Cc1ccc(S(=O)(=O)N2CCCCC2)s1. The van der Waals surface area contributed by atoms with Gasteiger partial charge in [-0.1, -0.05) is 6.42 Å². The Kier molecular flexibility index (Phi) is 3.28. The van der Waals surface area contributed by atoms with E-state index in [0.717, 1.165) is 30.6 Å². The molecule has 1 aromatic heterocycles. The highest BCUT2D eigenvalue weighted by molar-refractivity contribution is 7.91. The summed E-state index contributed by atoms with van der Waals surface area (Å²) in [6, 6.07) is 5.04. The van der Waals surface area contributed by atoms with Gasteiger partial charge in [0, 0.05) is 13.1 Å². The van der Waals surface area contributed by atoms with Crippen molar-refractivity contribution >= 4 is 21.4 Å². The molecule has 0 bridgehead atoms. The van der Waals surface area contributed by atoms with Crippen LogP contribution >= 0.6 is 11.3 Å². The maximum absolute atomic E-state index is 12.1. The summed E-state index contributed by atoms with van der Waals surface area (Å²) in [7, 11) is -3.35. The Morgan fingerprint density at radius 2 is 1.94 bits per heavy atom. The van der Waals surface area contributed by atoms with E-state index >= 15 is 0 Å². The van der Waals surface area contributed by atoms with Gasteiger partial charge in [0.15, 0.2) is 0 Å². The quantitative estimate of drug-likeness (QED) is 0.810. The molecule has 0 unspecified atom stereocenters. The van der Waals surface area contributed by atoms with Crippen LogP contribution < -0.4 is 0 Å². The predicted molar refractivity (Wildman–Crippen MR) is 61.6 cm³/mol. The van der Waals surface area contributed by atoms with Crippen LogP contribution in [-0.2, 0) is 10.0 Å². The Hall–Kier alpha value is -0.900. The maximum atomic E-state index is 12.1. The molecule has 1 saturated heterocycles. The Balaban J connectivity index is 2.27. The van der Waals surface area contributed by atoms with Crippen molar-refractivity contribution in [2.45, 2.75) is 23.5 Å². The third kappa shape index (κ3) is 2.12. The van der Waals surface area contributed by atoms with Gasteiger partial charge in [0.1, 0.15) is 15.2 Å². The molecular formula is C10H12N2O2S2. The van der Waals surface area contributed by atoms with Gasteiger partial charge in [-0.3, -0.25) is 0 Å². The molecule has 1 fully saturated rings. The second kappa shape index (κ2) is 4.53. The van der Waals surface area contributed by atoms with Crippen molar-refractivity contribution in [3.8, 4) is 6.07 Å². The van der Waals surface area contributed by atoms with Gasteiger partial charge in [-0.05, 0) is 25.0 Å². The lowest BCUT2D eigenvalue weighted by Crippen LogP contribution is -2.35. The number of thiophene rings is 1. The number of rotatable bonds is 2. The third-order valence-electron chi connectivity index (χ3n) is 2.60. The molecule has 0 atom stereocenters. The molecule has 0 spiro atoms. The molecule has 0 N–H and O–H groups in total. The average molecular weight is 256 g/mol. The molecule has 4 nitrogen and oxygen atoms in total. The van der Waals surface area contributed by atoms with Gasteiger partial charge in [0.2, 0.25) is 0 Å². The van der Waals surface area contributed by atoms with E-state index in [0.29, 0.717) is 18.0 Å². The molecule has 1 aromatic rings. The van der Waals surface area contributed by atoms with Crippen LogP contribution in [0.2, 0.25) is 0 Å². The molecule has 1 aliphatic heterocycles. The second-order valence-electron chi connectivity index (χ2n) is 3.70. The number of nitrogens with zero attached hydrogens (tertiary/aromatic N) is 2. The summed E-state index contributed by atoms with van der Waals surface area (Å²) >= 11 is 1.04. The normalized spacial score (nSPS) is 18.2. The monoisotopic (exact) mass is 256 g/mol. The van der Waals surface area contributed by atoms with Crippen molar-refractivity contribution in [1.29, 1.82) is 5.26 Å².